The van der Waals surface area contributed by atoms with Crippen LogP contribution < -0.4 is 11.3 Å². The summed E-state index contributed by atoms with van der Waals surface area (Å²) in [6.45, 7) is 1.64. The lowest BCUT2D eigenvalue weighted by atomic mass is 9.95. The van der Waals surface area contributed by atoms with Gasteiger partial charge in [-0.1, -0.05) is 19.3 Å². The second-order valence-electron chi connectivity index (χ2n) is 5.81. The average Bonchev–Trinajstić information content (AvgIpc) is 2.58. The van der Waals surface area contributed by atoms with Crippen molar-refractivity contribution in [1.82, 2.24) is 14.5 Å². The van der Waals surface area contributed by atoms with Crippen LogP contribution in [0.2, 0.25) is 0 Å². The van der Waals surface area contributed by atoms with E-state index in [1.54, 1.807) is 6.07 Å². The maximum atomic E-state index is 12.5. The highest BCUT2D eigenvalue weighted by Crippen LogP contribution is 2.30. The molecule has 0 aromatic carbocycles. The second-order valence-corrected chi connectivity index (χ2v) is 6.67. The van der Waals surface area contributed by atoms with Crippen LogP contribution in [0.15, 0.2) is 15.3 Å². The van der Waals surface area contributed by atoms with Gasteiger partial charge in [-0.25, -0.2) is 4.98 Å². The van der Waals surface area contributed by atoms with Gasteiger partial charge in [0, 0.05) is 11.4 Å². The van der Waals surface area contributed by atoms with Crippen LogP contribution in [-0.4, -0.2) is 38.0 Å². The van der Waals surface area contributed by atoms with Gasteiger partial charge in [0.05, 0.1) is 23.4 Å². The number of aromatic nitrogens is 3. The molecule has 0 amide bonds. The molecule has 3 rings (SSSR count). The van der Waals surface area contributed by atoms with Crippen molar-refractivity contribution in [1.29, 1.82) is 0 Å². The van der Waals surface area contributed by atoms with Crippen LogP contribution in [0.4, 0.5) is 5.95 Å². The summed E-state index contributed by atoms with van der Waals surface area (Å²) in [7, 11) is 0. The summed E-state index contributed by atoms with van der Waals surface area (Å²) in [5.41, 5.74) is 7.20. The number of rotatable bonds is 2. The monoisotopic (exact) mass is 398 g/mol. The number of nitrogen functional groups attached to an aromatic ring is 1. The minimum atomic E-state index is -0.125. The number of aryl methyl sites for hydroxylation is 1. The van der Waals surface area contributed by atoms with Crippen LogP contribution in [0.25, 0.3) is 11.0 Å². The zero-order chi connectivity index (χ0) is 17.7. The number of halogens is 1. The summed E-state index contributed by atoms with van der Waals surface area (Å²) in [4.78, 5) is 21.0. The van der Waals surface area contributed by atoms with Crippen LogP contribution in [-0.2, 0) is 0 Å². The maximum absolute atomic E-state index is 12.5. The molecule has 0 atom stereocenters. The Bertz CT molecular complexity index is 755. The first-order valence-electron chi connectivity index (χ1n) is 8.06. The summed E-state index contributed by atoms with van der Waals surface area (Å²) in [6, 6.07) is 2.01. The van der Waals surface area contributed by atoms with E-state index in [2.05, 4.69) is 25.9 Å². The van der Waals surface area contributed by atoms with Crippen LogP contribution in [0, 0.1) is 6.92 Å². The molecule has 2 heterocycles. The van der Waals surface area contributed by atoms with E-state index in [0.29, 0.717) is 10.1 Å². The summed E-state index contributed by atoms with van der Waals surface area (Å²) in [5, 5.41) is 16.1. The highest BCUT2D eigenvalue weighted by atomic mass is 79.9. The van der Waals surface area contributed by atoms with Gasteiger partial charge in [-0.2, -0.15) is 4.98 Å². The molecule has 1 fully saturated rings. The molecule has 8 heteroatoms. The van der Waals surface area contributed by atoms with Crippen LogP contribution in [0.3, 0.4) is 0 Å². The van der Waals surface area contributed by atoms with E-state index in [1.165, 1.54) is 6.42 Å². The first-order chi connectivity index (χ1) is 11.5. The minimum absolute atomic E-state index is 0.0260. The normalized spacial score (nSPS) is 15.2. The molecule has 0 radical (unpaired) electrons. The van der Waals surface area contributed by atoms with Crippen LogP contribution in [0.5, 0.6) is 0 Å². The van der Waals surface area contributed by atoms with E-state index in [4.69, 9.17) is 15.9 Å². The van der Waals surface area contributed by atoms with Crippen molar-refractivity contribution in [2.75, 3.05) is 18.9 Å². The molecule has 7 nitrogen and oxygen atoms in total. The third-order valence-corrected chi connectivity index (χ3v) is 4.66. The first-order valence-corrected chi connectivity index (χ1v) is 8.85. The van der Waals surface area contributed by atoms with Gasteiger partial charge in [0.25, 0.3) is 5.56 Å². The Morgan fingerprint density at radius 2 is 1.88 bits per heavy atom. The van der Waals surface area contributed by atoms with Crippen LogP contribution in [0.1, 0.15) is 43.8 Å². The fourth-order valence-electron chi connectivity index (χ4n) is 3.02. The highest BCUT2D eigenvalue weighted by molar-refractivity contribution is 9.10. The predicted molar refractivity (Wildman–Crippen MR) is 96.9 cm³/mol. The fraction of sp³-hybridized carbons (Fsp3) is 0.562. The number of hydrogen-bond donors (Lipinski definition) is 3. The Balaban J connectivity index is 0.000000471. The summed E-state index contributed by atoms with van der Waals surface area (Å²) in [5.74, 6) is 0.223. The number of hydrogen-bond acceptors (Lipinski definition) is 6. The number of nitrogens with zero attached hydrogens (tertiary/aromatic N) is 3. The number of aliphatic hydroxyl groups excluding tert-OH is 2. The molecule has 1 saturated carbocycles. The van der Waals surface area contributed by atoms with Crippen molar-refractivity contribution in [3.8, 4) is 0 Å². The van der Waals surface area contributed by atoms with E-state index in [0.717, 1.165) is 36.8 Å². The Morgan fingerprint density at radius 3 is 2.46 bits per heavy atom. The molecular formula is C16H23BrN4O3. The summed E-state index contributed by atoms with van der Waals surface area (Å²) < 4.78 is 2.37. The van der Waals surface area contributed by atoms with E-state index in [-0.39, 0.29) is 30.8 Å². The molecule has 1 aliphatic carbocycles. The number of anilines is 1. The molecule has 0 aliphatic heterocycles. The number of fused-ring (bicyclic) bond motifs is 1. The molecule has 4 N–H and O–H groups in total. The van der Waals surface area contributed by atoms with Crippen molar-refractivity contribution in [3.63, 3.8) is 0 Å². The molecule has 2 aromatic rings. The van der Waals surface area contributed by atoms with E-state index >= 15 is 0 Å². The van der Waals surface area contributed by atoms with Crippen molar-refractivity contribution in [2.24, 2.45) is 0 Å². The van der Waals surface area contributed by atoms with Gasteiger partial charge >= 0.3 is 0 Å². The summed E-state index contributed by atoms with van der Waals surface area (Å²) in [6.07, 6.45) is 5.60. The minimum Gasteiger partial charge on any atom is -0.394 e. The largest absolute Gasteiger partial charge is 0.394 e. The lowest BCUT2D eigenvalue weighted by Gasteiger charge is -2.25. The Kier molecular flexibility index (Phi) is 6.70. The van der Waals surface area contributed by atoms with E-state index in [1.807, 2.05) is 11.5 Å². The molecule has 132 valence electrons. The van der Waals surface area contributed by atoms with Crippen LogP contribution >= 0.6 is 15.9 Å². The average molecular weight is 399 g/mol. The third-order valence-electron chi connectivity index (χ3n) is 4.10. The lowest BCUT2D eigenvalue weighted by molar-refractivity contribution is 0.186. The standard InChI is InChI=1S/C14H17BrN4O.C2H6O2/c1-8-10-7-11(15)13(20)19(9-5-3-2-4-6-9)12(10)18-14(16)17-8;3-1-2-4/h7,9H,2-6H2,1H3,(H2,16,17,18);3-4H,1-2H2. The predicted octanol–water partition coefficient (Wildman–Crippen LogP) is 1.92. The smallest absolute Gasteiger partial charge is 0.266 e. The SMILES string of the molecule is Cc1nc(N)nc2c1cc(Br)c(=O)n2C1CCCCC1.OCCO. The van der Waals surface area contributed by atoms with E-state index in [9.17, 15) is 4.79 Å². The van der Waals surface area contributed by atoms with Gasteiger partial charge < -0.3 is 15.9 Å². The number of pyridine rings is 1. The van der Waals surface area contributed by atoms with Gasteiger partial charge in [-0.3, -0.25) is 9.36 Å². The number of nitrogens with two attached hydrogens (primary N) is 1. The second kappa shape index (κ2) is 8.55. The van der Waals surface area contributed by atoms with Gasteiger partial charge in [0.15, 0.2) is 0 Å². The Labute approximate surface area is 148 Å². The van der Waals surface area contributed by atoms with Crippen molar-refractivity contribution in [2.45, 2.75) is 45.1 Å². The van der Waals surface area contributed by atoms with Gasteiger partial charge in [-0.15, -0.1) is 0 Å². The molecule has 2 aromatic heterocycles. The first kappa shape index (κ1) is 18.8. The zero-order valence-electron chi connectivity index (χ0n) is 13.7. The summed E-state index contributed by atoms with van der Waals surface area (Å²) >= 11 is 3.37. The number of aliphatic hydroxyl groups is 2. The molecule has 0 spiro atoms. The third kappa shape index (κ3) is 4.12. The zero-order valence-corrected chi connectivity index (χ0v) is 15.3. The van der Waals surface area contributed by atoms with Gasteiger partial charge in [0.2, 0.25) is 5.95 Å². The topological polar surface area (TPSA) is 114 Å². The molecule has 0 bridgehead atoms. The Hall–Kier alpha value is -1.51. The van der Waals surface area contributed by atoms with Crippen molar-refractivity contribution < 1.29 is 10.2 Å². The maximum Gasteiger partial charge on any atom is 0.266 e. The molecule has 1 aliphatic rings. The molecule has 0 unspecified atom stereocenters. The Morgan fingerprint density at radius 1 is 1.25 bits per heavy atom. The van der Waals surface area contributed by atoms with Gasteiger partial charge in [0.1, 0.15) is 5.65 Å². The molecule has 0 saturated heterocycles. The molecule has 24 heavy (non-hydrogen) atoms. The van der Waals surface area contributed by atoms with E-state index < -0.39 is 0 Å². The lowest BCUT2D eigenvalue weighted by Crippen LogP contribution is -2.28. The van der Waals surface area contributed by atoms with Crippen molar-refractivity contribution in [3.05, 3.63) is 26.6 Å². The quantitative estimate of drug-likeness (QED) is 0.711. The van der Waals surface area contributed by atoms with Gasteiger partial charge in [-0.05, 0) is 41.8 Å². The van der Waals surface area contributed by atoms with Crippen molar-refractivity contribution >= 4 is 32.9 Å². The highest BCUT2D eigenvalue weighted by Gasteiger charge is 2.21. The molecular weight excluding hydrogens is 376 g/mol. The fourth-order valence-corrected chi connectivity index (χ4v) is 3.44.